The Kier molecular flexibility index (Phi) is 8.29. The van der Waals surface area contributed by atoms with Crippen LogP contribution in [0.5, 0.6) is 0 Å². The summed E-state index contributed by atoms with van der Waals surface area (Å²) in [6.07, 6.45) is 6.58. The van der Waals surface area contributed by atoms with E-state index in [-0.39, 0.29) is 31.2 Å². The van der Waals surface area contributed by atoms with Crippen molar-refractivity contribution >= 4 is 29.3 Å². The smallest absolute Gasteiger partial charge is 0.253 e. The Balaban J connectivity index is 0.00000320. The van der Waals surface area contributed by atoms with Crippen molar-refractivity contribution in [2.75, 3.05) is 43.9 Å². The van der Waals surface area contributed by atoms with E-state index in [9.17, 15) is 9.59 Å². The molecule has 9 nitrogen and oxygen atoms in total. The number of piperazine rings is 1. The van der Waals surface area contributed by atoms with E-state index in [4.69, 9.17) is 10.7 Å². The van der Waals surface area contributed by atoms with Crippen molar-refractivity contribution in [1.82, 2.24) is 19.8 Å². The summed E-state index contributed by atoms with van der Waals surface area (Å²) in [5.41, 5.74) is 7.79. The molecule has 2 atom stereocenters. The second-order valence-electron chi connectivity index (χ2n) is 9.99. The maximum Gasteiger partial charge on any atom is 0.253 e. The Morgan fingerprint density at radius 3 is 2.46 bits per heavy atom. The number of aromatic nitrogens is 2. The highest BCUT2D eigenvalue weighted by atomic mass is 16.2. The molecule has 2 saturated carbocycles. The molecule has 3 aliphatic rings. The first-order valence-electron chi connectivity index (χ1n) is 12.8. The van der Waals surface area contributed by atoms with Gasteiger partial charge in [0.25, 0.3) is 5.91 Å². The molecule has 5 rings (SSSR count). The van der Waals surface area contributed by atoms with E-state index < -0.39 is 0 Å². The van der Waals surface area contributed by atoms with Crippen LogP contribution in [0.2, 0.25) is 0 Å². The summed E-state index contributed by atoms with van der Waals surface area (Å²) < 4.78 is 0. The summed E-state index contributed by atoms with van der Waals surface area (Å²) in [7, 11) is 2.07. The van der Waals surface area contributed by atoms with Crippen LogP contribution in [0.1, 0.15) is 55.5 Å². The normalized spacial score (nSPS) is 21.4. The standard InChI is InChI=1S/C27H33N7O2.CH4/c1-33-13-15-34(16-14-33)26(36)19-9-11-21(12-10-19)30-27-29-17-20(8-7-18-5-6-18)25(32-27)31-23-4-2-3-22(23)24(28)35;/h9-12,17-18,22-23H,2-6,13-16H2,1H3,(H2,28,35)(H2,29,30,31,32);1H4/t22-,23+;/m0./s1. The molecule has 2 heterocycles. The van der Waals surface area contributed by atoms with Gasteiger partial charge in [0.2, 0.25) is 11.9 Å². The average molecular weight is 504 g/mol. The van der Waals surface area contributed by atoms with Crippen LogP contribution in [0.25, 0.3) is 0 Å². The second kappa shape index (κ2) is 11.6. The van der Waals surface area contributed by atoms with Crippen LogP contribution in [0.3, 0.4) is 0 Å². The van der Waals surface area contributed by atoms with Gasteiger partial charge in [-0.15, -0.1) is 0 Å². The molecule has 2 aromatic rings. The largest absolute Gasteiger partial charge is 0.369 e. The van der Waals surface area contributed by atoms with E-state index in [0.717, 1.165) is 69.5 Å². The van der Waals surface area contributed by atoms with E-state index in [1.54, 1.807) is 6.20 Å². The Morgan fingerprint density at radius 1 is 1.05 bits per heavy atom. The number of hydrogen-bond acceptors (Lipinski definition) is 7. The molecule has 2 aliphatic carbocycles. The van der Waals surface area contributed by atoms with Crippen molar-refractivity contribution in [3.63, 3.8) is 0 Å². The first-order chi connectivity index (χ1) is 17.5. The number of likely N-dealkylation sites (N-methyl/N-ethyl adjacent to an activating group) is 1. The van der Waals surface area contributed by atoms with E-state index in [1.165, 1.54) is 0 Å². The van der Waals surface area contributed by atoms with Gasteiger partial charge in [0, 0.05) is 49.4 Å². The fourth-order valence-corrected chi connectivity index (χ4v) is 4.72. The number of hydrogen-bond donors (Lipinski definition) is 3. The Bertz CT molecular complexity index is 1180. The predicted octanol–water partition coefficient (Wildman–Crippen LogP) is 3.07. The number of amides is 2. The zero-order valence-corrected chi connectivity index (χ0v) is 20.7. The van der Waals surface area contributed by atoms with Crippen LogP contribution in [-0.4, -0.2) is 70.9 Å². The molecule has 0 unspecified atom stereocenters. The molecule has 1 aliphatic heterocycles. The lowest BCUT2D eigenvalue weighted by molar-refractivity contribution is -0.121. The van der Waals surface area contributed by atoms with E-state index in [2.05, 4.69) is 39.4 Å². The lowest BCUT2D eigenvalue weighted by Gasteiger charge is -2.32. The minimum atomic E-state index is -0.283. The summed E-state index contributed by atoms with van der Waals surface area (Å²) in [6.45, 7) is 3.27. The third-order valence-corrected chi connectivity index (χ3v) is 7.16. The number of nitrogens with one attached hydrogen (secondary N) is 2. The van der Waals surface area contributed by atoms with Gasteiger partial charge in [-0.05, 0) is 57.0 Å². The summed E-state index contributed by atoms with van der Waals surface area (Å²) >= 11 is 0. The van der Waals surface area contributed by atoms with Crippen LogP contribution in [0, 0.1) is 23.7 Å². The number of carbonyl (C=O) groups is 2. The van der Waals surface area contributed by atoms with Gasteiger partial charge in [-0.3, -0.25) is 9.59 Å². The van der Waals surface area contributed by atoms with Gasteiger partial charge >= 0.3 is 0 Å². The Morgan fingerprint density at radius 2 is 1.78 bits per heavy atom. The molecule has 4 N–H and O–H groups in total. The number of carbonyl (C=O) groups excluding carboxylic acids is 2. The van der Waals surface area contributed by atoms with Gasteiger partial charge in [-0.2, -0.15) is 4.98 Å². The van der Waals surface area contributed by atoms with Crippen molar-refractivity contribution in [3.8, 4) is 11.8 Å². The molecule has 1 aromatic carbocycles. The van der Waals surface area contributed by atoms with Gasteiger partial charge in [-0.1, -0.05) is 25.7 Å². The predicted molar refractivity (Wildman–Crippen MR) is 145 cm³/mol. The van der Waals surface area contributed by atoms with Crippen molar-refractivity contribution in [2.24, 2.45) is 17.6 Å². The molecule has 9 heteroatoms. The molecular formula is C28H37N7O2. The molecule has 0 radical (unpaired) electrons. The third-order valence-electron chi connectivity index (χ3n) is 7.16. The quantitative estimate of drug-likeness (QED) is 0.519. The number of nitrogens with two attached hydrogens (primary N) is 1. The van der Waals surface area contributed by atoms with Crippen LogP contribution in [0.15, 0.2) is 30.5 Å². The summed E-state index contributed by atoms with van der Waals surface area (Å²) in [6, 6.07) is 7.31. The first-order valence-corrected chi connectivity index (χ1v) is 12.8. The van der Waals surface area contributed by atoms with Gasteiger partial charge in [-0.25, -0.2) is 4.98 Å². The zero-order valence-electron chi connectivity index (χ0n) is 20.7. The third kappa shape index (κ3) is 6.57. The average Bonchev–Trinajstić information content (AvgIpc) is 3.59. The number of primary amides is 1. The second-order valence-corrected chi connectivity index (χ2v) is 9.99. The maximum atomic E-state index is 12.8. The van der Waals surface area contributed by atoms with Crippen molar-refractivity contribution in [3.05, 3.63) is 41.6 Å². The first kappa shape index (κ1) is 26.4. The fraction of sp³-hybridized carbons (Fsp3) is 0.500. The molecule has 2 amide bonds. The molecule has 196 valence electrons. The molecule has 3 fully saturated rings. The minimum absolute atomic E-state index is 0. The Hall–Kier alpha value is -3.64. The summed E-state index contributed by atoms with van der Waals surface area (Å²) in [4.78, 5) is 38.0. The van der Waals surface area contributed by atoms with E-state index >= 15 is 0 Å². The number of nitrogens with zero attached hydrogens (tertiary/aromatic N) is 4. The highest BCUT2D eigenvalue weighted by Crippen LogP contribution is 2.30. The van der Waals surface area contributed by atoms with E-state index in [0.29, 0.717) is 23.2 Å². The van der Waals surface area contributed by atoms with Crippen LogP contribution in [0.4, 0.5) is 17.5 Å². The fourth-order valence-electron chi connectivity index (χ4n) is 4.72. The highest BCUT2D eigenvalue weighted by Gasteiger charge is 2.32. The number of anilines is 3. The molecule has 1 saturated heterocycles. The van der Waals surface area contributed by atoms with Gasteiger partial charge in [0.1, 0.15) is 5.82 Å². The zero-order chi connectivity index (χ0) is 25.1. The van der Waals surface area contributed by atoms with Crippen LogP contribution in [-0.2, 0) is 4.79 Å². The van der Waals surface area contributed by atoms with Gasteiger partial charge in [0.15, 0.2) is 0 Å². The summed E-state index contributed by atoms with van der Waals surface area (Å²) in [5, 5.41) is 6.65. The lowest BCUT2D eigenvalue weighted by atomic mass is 10.0. The van der Waals surface area contributed by atoms with Gasteiger partial charge in [0.05, 0.1) is 17.7 Å². The van der Waals surface area contributed by atoms with Gasteiger partial charge < -0.3 is 26.2 Å². The molecule has 37 heavy (non-hydrogen) atoms. The number of rotatable bonds is 6. The number of benzene rings is 1. The Labute approximate surface area is 219 Å². The molecule has 0 spiro atoms. The van der Waals surface area contributed by atoms with Crippen molar-refractivity contribution < 1.29 is 9.59 Å². The summed E-state index contributed by atoms with van der Waals surface area (Å²) in [5.74, 6) is 7.51. The topological polar surface area (TPSA) is 116 Å². The molecule has 0 bridgehead atoms. The lowest BCUT2D eigenvalue weighted by Crippen LogP contribution is -2.47. The SMILES string of the molecule is C.CN1CCN(C(=O)c2ccc(Nc3ncc(C#CC4CC4)c(N[C@@H]4CCC[C@@H]4C(N)=O)n3)cc2)CC1. The molecular weight excluding hydrogens is 466 g/mol. The van der Waals surface area contributed by atoms with Crippen molar-refractivity contribution in [2.45, 2.75) is 45.6 Å². The monoisotopic (exact) mass is 503 g/mol. The minimum Gasteiger partial charge on any atom is -0.369 e. The molecule has 1 aromatic heterocycles. The maximum absolute atomic E-state index is 12.8. The van der Waals surface area contributed by atoms with E-state index in [1.807, 2.05) is 29.2 Å². The highest BCUT2D eigenvalue weighted by molar-refractivity contribution is 5.94. The van der Waals surface area contributed by atoms with Crippen LogP contribution >= 0.6 is 0 Å². The van der Waals surface area contributed by atoms with Crippen molar-refractivity contribution in [1.29, 1.82) is 0 Å². The van der Waals surface area contributed by atoms with Crippen LogP contribution < -0.4 is 16.4 Å².